The minimum atomic E-state index is -1.57. The minimum Gasteiger partial charge on any atom is -0.391 e. The fraction of sp³-hybridized carbons (Fsp3) is 0.650. The summed E-state index contributed by atoms with van der Waals surface area (Å²) in [7, 11) is 2.14. The summed E-state index contributed by atoms with van der Waals surface area (Å²) in [5.41, 5.74) is 14.3. The number of nitrogens with two attached hydrogens (primary N) is 2. The van der Waals surface area contributed by atoms with Crippen molar-refractivity contribution in [1.82, 2.24) is 25.1 Å². The van der Waals surface area contributed by atoms with Crippen molar-refractivity contribution in [2.24, 2.45) is 35.1 Å². The van der Waals surface area contributed by atoms with Crippen molar-refractivity contribution >= 4 is 29.5 Å². The van der Waals surface area contributed by atoms with Gasteiger partial charge in [-0.2, -0.15) is 4.90 Å². The molecule has 15 heteroatoms. The average molecular weight is 764 g/mol. The maximum atomic E-state index is 15.0. The molecule has 0 radical (unpaired) electrons. The zero-order valence-electron chi connectivity index (χ0n) is 32.2. The Bertz CT molecular complexity index is 1640. The lowest BCUT2D eigenvalue weighted by Crippen LogP contribution is -2.65. The molecular formula is C40H59N8O7+. The third kappa shape index (κ3) is 9.01. The fourth-order valence-corrected chi connectivity index (χ4v) is 9.63. The number of fused-ring (bicyclic) bond motifs is 3. The van der Waals surface area contributed by atoms with Crippen LogP contribution >= 0.6 is 0 Å². The Kier molecular flexibility index (Phi) is 13.2. The molecule has 4 aliphatic heterocycles. The molecule has 1 aromatic heterocycles. The molecule has 15 nitrogen and oxygen atoms in total. The summed E-state index contributed by atoms with van der Waals surface area (Å²) in [5, 5.41) is 14.6. The molecule has 7 atom stereocenters. The number of benzene rings is 1. The number of H-pyrrole nitrogens is 1. The topological polar surface area (TPSA) is 214 Å². The van der Waals surface area contributed by atoms with E-state index in [0.29, 0.717) is 23.0 Å². The number of aromatic nitrogens is 2. The second-order valence-electron chi connectivity index (χ2n) is 16.4. The van der Waals surface area contributed by atoms with Crippen molar-refractivity contribution in [1.29, 1.82) is 0 Å². The van der Waals surface area contributed by atoms with Crippen molar-refractivity contribution in [2.75, 3.05) is 46.4 Å². The van der Waals surface area contributed by atoms with Crippen LogP contribution in [0.15, 0.2) is 42.9 Å². The summed E-state index contributed by atoms with van der Waals surface area (Å²) < 4.78 is 6.10. The van der Waals surface area contributed by atoms with E-state index in [9.17, 15) is 29.1 Å². The van der Waals surface area contributed by atoms with Crippen LogP contribution in [0.2, 0.25) is 0 Å². The number of nitrogens with zero attached hydrogens (tertiary/aromatic N) is 4. The largest absolute Gasteiger partial charge is 0.391 e. The van der Waals surface area contributed by atoms with Crippen LogP contribution in [0.1, 0.15) is 75.6 Å². The highest BCUT2D eigenvalue weighted by Crippen LogP contribution is 2.50. The number of ether oxygens (including phenoxy) is 1. The highest BCUT2D eigenvalue weighted by atomic mass is 16.5. The first-order valence-electron chi connectivity index (χ1n) is 20.0. The number of imide groups is 3. The molecule has 300 valence electrons. The Morgan fingerprint density at radius 3 is 2.33 bits per heavy atom. The van der Waals surface area contributed by atoms with Crippen LogP contribution in [0.3, 0.4) is 0 Å². The second-order valence-corrected chi connectivity index (χ2v) is 16.4. The average Bonchev–Trinajstić information content (AvgIpc) is 3.71. The number of aliphatic hydroxyl groups excluding tert-OH is 1. The zero-order valence-corrected chi connectivity index (χ0v) is 32.2. The number of carbonyl (C=O) groups excluding carboxylic acids is 5. The number of ketones is 1. The van der Waals surface area contributed by atoms with E-state index in [-0.39, 0.29) is 56.4 Å². The molecule has 5 aliphatic rings. The fourth-order valence-electron chi connectivity index (χ4n) is 9.63. The molecule has 7 N–H and O–H groups in total. The van der Waals surface area contributed by atoms with Gasteiger partial charge in [-0.25, -0.2) is 9.78 Å². The summed E-state index contributed by atoms with van der Waals surface area (Å²) in [6.45, 7) is 4.26. The molecule has 2 aromatic rings. The van der Waals surface area contributed by atoms with Gasteiger partial charge in [0.2, 0.25) is 17.7 Å². The van der Waals surface area contributed by atoms with E-state index in [4.69, 9.17) is 16.2 Å². The molecular weight excluding hydrogens is 704 g/mol. The number of hydrogen-bond donors (Lipinski definition) is 5. The molecule has 5 heterocycles. The number of aromatic amines is 1. The van der Waals surface area contributed by atoms with Crippen LogP contribution in [0.25, 0.3) is 0 Å². The number of piperidine rings is 3. The SMILES string of the molecule is CC(N)C(=O)N[C@@H](Cc1cnc[nH]1)C(=O)C(C1CCCCC1)C(N)C(O)CC(=O)N(C(=O)[C@H]1C2CC[N+](C)(CC2)C1c1ccccc1)C(=O)N1CCOCC1. The zero-order chi connectivity index (χ0) is 39.3. The number of amides is 5. The first-order chi connectivity index (χ1) is 26.4. The third-order valence-electron chi connectivity index (χ3n) is 12.7. The van der Waals surface area contributed by atoms with Gasteiger partial charge < -0.3 is 41.0 Å². The monoisotopic (exact) mass is 763 g/mol. The Balaban J connectivity index is 1.29. The predicted molar refractivity (Wildman–Crippen MR) is 202 cm³/mol. The predicted octanol–water partition coefficient (Wildman–Crippen LogP) is 1.66. The third-order valence-corrected chi connectivity index (χ3v) is 12.7. The van der Waals surface area contributed by atoms with E-state index in [0.717, 1.165) is 55.7 Å². The van der Waals surface area contributed by atoms with E-state index in [1.54, 1.807) is 6.20 Å². The number of hydrogen-bond acceptors (Lipinski definition) is 10. The Morgan fingerprint density at radius 2 is 1.71 bits per heavy atom. The van der Waals surface area contributed by atoms with Crippen molar-refractivity contribution in [3.05, 3.63) is 54.1 Å². The molecule has 1 aliphatic carbocycles. The van der Waals surface area contributed by atoms with E-state index >= 15 is 0 Å². The molecule has 5 unspecified atom stereocenters. The molecule has 2 bridgehead atoms. The van der Waals surface area contributed by atoms with Crippen molar-refractivity contribution < 1.29 is 38.3 Å². The lowest BCUT2D eigenvalue weighted by molar-refractivity contribution is -0.958. The number of imidazole rings is 1. The van der Waals surface area contributed by atoms with Gasteiger partial charge in [0.25, 0.3) is 0 Å². The van der Waals surface area contributed by atoms with E-state index in [1.165, 1.54) is 18.2 Å². The van der Waals surface area contributed by atoms with Gasteiger partial charge >= 0.3 is 6.03 Å². The lowest BCUT2D eigenvalue weighted by Gasteiger charge is -2.56. The number of quaternary nitrogens is 1. The van der Waals surface area contributed by atoms with Gasteiger partial charge in [0.1, 0.15) is 6.04 Å². The van der Waals surface area contributed by atoms with Gasteiger partial charge in [-0.1, -0.05) is 49.6 Å². The maximum absolute atomic E-state index is 15.0. The number of carbonyl (C=O) groups is 5. The quantitative estimate of drug-likeness (QED) is 0.186. The summed E-state index contributed by atoms with van der Waals surface area (Å²) in [6.07, 6.45) is 6.62. The standard InChI is InChI=1S/C40H58N8O7/c1-25(41)38(52)45-30(21-29-23-43-24-44-29)37(51)33(26-9-5-3-6-10-26)35(42)31(49)22-32(50)47(40(54)46-15-19-55-20-16-46)39(53)34-27-13-17-48(2,18-14-27)36(34)28-11-7-4-8-12-28/h4,7-8,11-12,23-27,30-31,33-36,49H,3,5-6,9-10,13-22,41-42H2,1-2H3,(H-,43,44,45,52)/p+1/t25?,27?,30-,31?,33?,34-,35?,36?,48?/m0/s1. The molecule has 5 fully saturated rings. The van der Waals surface area contributed by atoms with Crippen LogP contribution in [0.5, 0.6) is 0 Å². The maximum Gasteiger partial charge on any atom is 0.333 e. The first kappa shape index (κ1) is 40.6. The van der Waals surface area contributed by atoms with E-state index < -0.39 is 66.2 Å². The normalized spacial score (nSPS) is 27.0. The molecule has 7 rings (SSSR count). The minimum absolute atomic E-state index is 0.0239. The van der Waals surface area contributed by atoms with Crippen LogP contribution in [0, 0.1) is 23.7 Å². The number of Topliss-reactive ketones (excluding diaryl/α,β-unsaturated/α-hetero) is 1. The van der Waals surface area contributed by atoms with Crippen LogP contribution in [-0.4, -0.2) is 130 Å². The molecule has 55 heavy (non-hydrogen) atoms. The van der Waals surface area contributed by atoms with E-state index in [1.807, 2.05) is 30.3 Å². The Morgan fingerprint density at radius 1 is 1.04 bits per heavy atom. The van der Waals surface area contributed by atoms with Gasteiger partial charge in [-0.3, -0.25) is 19.2 Å². The van der Waals surface area contributed by atoms with Gasteiger partial charge in [-0.05, 0) is 31.6 Å². The molecule has 1 saturated carbocycles. The van der Waals surface area contributed by atoms with E-state index in [2.05, 4.69) is 22.3 Å². The second kappa shape index (κ2) is 17.8. The highest BCUT2D eigenvalue weighted by molar-refractivity contribution is 6.11. The summed E-state index contributed by atoms with van der Waals surface area (Å²) in [4.78, 5) is 80.5. The number of nitrogens with one attached hydrogen (secondary N) is 2. The molecule has 5 amide bonds. The van der Waals surface area contributed by atoms with Crippen molar-refractivity contribution in [3.8, 4) is 0 Å². The van der Waals surface area contributed by atoms with Crippen molar-refractivity contribution in [3.63, 3.8) is 0 Å². The molecule has 4 saturated heterocycles. The molecule has 0 spiro atoms. The highest BCUT2D eigenvalue weighted by Gasteiger charge is 2.57. The number of urea groups is 1. The van der Waals surface area contributed by atoms with Gasteiger partial charge in [0.05, 0.1) is 70.2 Å². The smallest absolute Gasteiger partial charge is 0.333 e. The van der Waals surface area contributed by atoms with Gasteiger partial charge in [0, 0.05) is 61.8 Å². The number of aliphatic hydroxyl groups is 1. The van der Waals surface area contributed by atoms with Gasteiger partial charge in [-0.15, -0.1) is 0 Å². The first-order valence-corrected chi connectivity index (χ1v) is 20.0. The van der Waals surface area contributed by atoms with Crippen LogP contribution in [-0.2, 0) is 30.3 Å². The summed E-state index contributed by atoms with van der Waals surface area (Å²) in [6, 6.07) is 5.69. The summed E-state index contributed by atoms with van der Waals surface area (Å²) in [5.74, 6) is -4.12. The number of morpholine rings is 1. The van der Waals surface area contributed by atoms with Crippen LogP contribution < -0.4 is 16.8 Å². The Labute approximate surface area is 323 Å². The lowest BCUT2D eigenvalue weighted by atomic mass is 9.69. The summed E-state index contributed by atoms with van der Waals surface area (Å²) >= 11 is 0. The molecule has 1 aromatic carbocycles. The van der Waals surface area contributed by atoms with Crippen LogP contribution in [0.4, 0.5) is 4.79 Å². The van der Waals surface area contributed by atoms with Crippen molar-refractivity contribution in [2.45, 2.75) is 95.0 Å². The number of rotatable bonds is 13. The Hall–Kier alpha value is -4.02. The van der Waals surface area contributed by atoms with Gasteiger partial charge in [0.15, 0.2) is 5.78 Å².